The second-order valence-corrected chi connectivity index (χ2v) is 4.88. The average Bonchev–Trinajstić information content (AvgIpc) is 2.88. The Hall–Kier alpha value is 0.210. The monoisotopic (exact) mass is 218 g/mol. The Morgan fingerprint density at radius 3 is 2.71 bits per heavy atom. The molecule has 0 aromatic heterocycles. The lowest BCUT2D eigenvalue weighted by Gasteiger charge is -2.36. The first kappa shape index (κ1) is 12.3. The number of hydrogen-bond acceptors (Lipinski definition) is 2. The first-order chi connectivity index (χ1) is 6.25. The van der Waals surface area contributed by atoms with Gasteiger partial charge >= 0.3 is 0 Å². The zero-order chi connectivity index (χ0) is 9.26. The summed E-state index contributed by atoms with van der Waals surface area (Å²) in [6, 6.07) is 1.51. The smallest absolute Gasteiger partial charge is 0.0167 e. The third kappa shape index (κ3) is 3.41. The molecule has 0 spiro atoms. The maximum Gasteiger partial charge on any atom is 0.0167 e. The summed E-state index contributed by atoms with van der Waals surface area (Å²) in [5.41, 5.74) is 0. The van der Waals surface area contributed by atoms with E-state index in [0.717, 1.165) is 12.0 Å². The Bertz CT molecular complexity index is 171. The molecule has 2 rings (SSSR count). The summed E-state index contributed by atoms with van der Waals surface area (Å²) in [4.78, 5) is 2.65. The minimum absolute atomic E-state index is 0. The Labute approximate surface area is 93.8 Å². The Balaban J connectivity index is 0.000000980. The molecular weight excluding hydrogens is 196 g/mol. The van der Waals surface area contributed by atoms with Crippen molar-refractivity contribution in [1.29, 1.82) is 0 Å². The van der Waals surface area contributed by atoms with E-state index in [-0.39, 0.29) is 12.4 Å². The maximum atomic E-state index is 3.49. The van der Waals surface area contributed by atoms with Gasteiger partial charge in [0.15, 0.2) is 0 Å². The summed E-state index contributed by atoms with van der Waals surface area (Å²) < 4.78 is 0. The molecule has 0 aromatic rings. The Kier molecular flexibility index (Phi) is 4.68. The third-order valence-corrected chi connectivity index (χ3v) is 3.39. The highest BCUT2D eigenvalue weighted by Crippen LogP contribution is 2.34. The van der Waals surface area contributed by atoms with E-state index in [0.29, 0.717) is 6.04 Å². The highest BCUT2D eigenvalue weighted by molar-refractivity contribution is 5.85. The maximum absolute atomic E-state index is 3.49. The third-order valence-electron chi connectivity index (χ3n) is 3.39. The molecule has 2 nitrogen and oxygen atoms in total. The quantitative estimate of drug-likeness (QED) is 0.779. The van der Waals surface area contributed by atoms with Crippen LogP contribution in [0.25, 0.3) is 0 Å². The molecular formula is C11H23ClN2. The van der Waals surface area contributed by atoms with E-state index in [1.54, 1.807) is 0 Å². The Morgan fingerprint density at radius 2 is 2.14 bits per heavy atom. The van der Waals surface area contributed by atoms with Gasteiger partial charge in [0, 0.05) is 31.7 Å². The molecule has 2 aliphatic rings. The van der Waals surface area contributed by atoms with E-state index in [1.165, 1.54) is 38.9 Å². The molecule has 1 unspecified atom stereocenters. The molecule has 0 aromatic carbocycles. The topological polar surface area (TPSA) is 15.3 Å². The van der Waals surface area contributed by atoms with Crippen molar-refractivity contribution in [2.75, 3.05) is 19.6 Å². The number of halogens is 1. The van der Waals surface area contributed by atoms with E-state index < -0.39 is 0 Å². The first-order valence-electron chi connectivity index (χ1n) is 5.73. The number of hydrogen-bond donors (Lipinski definition) is 1. The van der Waals surface area contributed by atoms with E-state index in [2.05, 4.69) is 24.1 Å². The zero-order valence-corrected chi connectivity index (χ0v) is 10.1. The molecule has 1 saturated carbocycles. The largest absolute Gasteiger partial charge is 0.312 e. The van der Waals surface area contributed by atoms with Crippen LogP contribution in [-0.2, 0) is 0 Å². The predicted molar refractivity (Wildman–Crippen MR) is 63.1 cm³/mol. The van der Waals surface area contributed by atoms with Gasteiger partial charge in [0.2, 0.25) is 0 Å². The molecule has 84 valence electrons. The van der Waals surface area contributed by atoms with Crippen molar-refractivity contribution in [3.05, 3.63) is 0 Å². The van der Waals surface area contributed by atoms with Gasteiger partial charge in [-0.3, -0.25) is 4.90 Å². The van der Waals surface area contributed by atoms with Gasteiger partial charge in [-0.1, -0.05) is 12.8 Å². The fourth-order valence-electron chi connectivity index (χ4n) is 2.35. The summed E-state index contributed by atoms with van der Waals surface area (Å²) in [7, 11) is 0. The fourth-order valence-corrected chi connectivity index (χ4v) is 2.35. The lowest BCUT2D eigenvalue weighted by atomic mass is 10.1. The van der Waals surface area contributed by atoms with Crippen molar-refractivity contribution in [1.82, 2.24) is 10.2 Å². The molecule has 2 atom stereocenters. The molecule has 0 amide bonds. The number of nitrogens with one attached hydrogen (secondary N) is 1. The van der Waals surface area contributed by atoms with Gasteiger partial charge in [0.05, 0.1) is 0 Å². The van der Waals surface area contributed by atoms with Crippen LogP contribution in [0, 0.1) is 5.92 Å². The average molecular weight is 219 g/mol. The van der Waals surface area contributed by atoms with Crippen LogP contribution in [0.2, 0.25) is 0 Å². The molecule has 0 bridgehead atoms. The van der Waals surface area contributed by atoms with Crippen LogP contribution in [0.5, 0.6) is 0 Å². The van der Waals surface area contributed by atoms with Gasteiger partial charge in [-0.25, -0.2) is 0 Å². The highest BCUT2D eigenvalue weighted by Gasteiger charge is 2.27. The van der Waals surface area contributed by atoms with Gasteiger partial charge < -0.3 is 5.32 Å². The minimum Gasteiger partial charge on any atom is -0.312 e. The van der Waals surface area contributed by atoms with E-state index >= 15 is 0 Å². The van der Waals surface area contributed by atoms with Crippen LogP contribution in [-0.4, -0.2) is 36.6 Å². The van der Waals surface area contributed by atoms with Crippen LogP contribution >= 0.6 is 12.4 Å². The van der Waals surface area contributed by atoms with Gasteiger partial charge in [-0.2, -0.15) is 0 Å². The zero-order valence-electron chi connectivity index (χ0n) is 9.33. The van der Waals surface area contributed by atoms with E-state index in [9.17, 15) is 0 Å². The second kappa shape index (κ2) is 5.34. The van der Waals surface area contributed by atoms with Crippen molar-refractivity contribution in [2.45, 2.75) is 45.2 Å². The summed E-state index contributed by atoms with van der Waals surface area (Å²) in [6.07, 6.45) is 4.42. The normalized spacial score (nSPS) is 30.9. The van der Waals surface area contributed by atoms with Crippen LogP contribution in [0.15, 0.2) is 0 Å². The van der Waals surface area contributed by atoms with Crippen LogP contribution in [0.4, 0.5) is 0 Å². The van der Waals surface area contributed by atoms with Gasteiger partial charge in [-0.15, -0.1) is 12.4 Å². The standard InChI is InChI=1S/C11H22N2.ClH/c1-9-8-13(6-5-12-9)10(2)7-11-3-4-11;/h9-12H,3-8H2,1-2H3;1H/t9-,10?;/m0./s1. The van der Waals surface area contributed by atoms with Crippen molar-refractivity contribution in [3.8, 4) is 0 Å². The van der Waals surface area contributed by atoms with Crippen LogP contribution in [0.1, 0.15) is 33.1 Å². The number of nitrogens with zero attached hydrogens (tertiary/aromatic N) is 1. The lowest BCUT2D eigenvalue weighted by molar-refractivity contribution is 0.148. The van der Waals surface area contributed by atoms with Crippen molar-refractivity contribution in [3.63, 3.8) is 0 Å². The molecule has 1 saturated heterocycles. The van der Waals surface area contributed by atoms with Gasteiger partial charge in [0.1, 0.15) is 0 Å². The SMILES string of the molecule is CC(CC1CC1)N1CCN[C@@H](C)C1.Cl. The van der Waals surface area contributed by atoms with E-state index in [1.807, 2.05) is 0 Å². The molecule has 1 aliphatic carbocycles. The summed E-state index contributed by atoms with van der Waals surface area (Å²) >= 11 is 0. The fraction of sp³-hybridized carbons (Fsp3) is 1.00. The molecule has 14 heavy (non-hydrogen) atoms. The number of piperazine rings is 1. The first-order valence-corrected chi connectivity index (χ1v) is 5.73. The van der Waals surface area contributed by atoms with Crippen molar-refractivity contribution < 1.29 is 0 Å². The van der Waals surface area contributed by atoms with Crippen LogP contribution < -0.4 is 5.32 Å². The lowest BCUT2D eigenvalue weighted by Crippen LogP contribution is -2.52. The summed E-state index contributed by atoms with van der Waals surface area (Å²) in [5, 5.41) is 3.49. The van der Waals surface area contributed by atoms with Crippen molar-refractivity contribution in [2.24, 2.45) is 5.92 Å². The molecule has 2 fully saturated rings. The molecule has 1 N–H and O–H groups in total. The summed E-state index contributed by atoms with van der Waals surface area (Å²) in [5.74, 6) is 1.07. The molecule has 0 radical (unpaired) electrons. The molecule has 1 heterocycles. The van der Waals surface area contributed by atoms with Crippen molar-refractivity contribution >= 4 is 12.4 Å². The molecule has 1 aliphatic heterocycles. The Morgan fingerprint density at radius 1 is 1.43 bits per heavy atom. The summed E-state index contributed by atoms with van der Waals surface area (Å²) in [6.45, 7) is 8.36. The molecule has 3 heteroatoms. The van der Waals surface area contributed by atoms with Gasteiger partial charge in [-0.05, 0) is 26.2 Å². The minimum atomic E-state index is 0. The number of rotatable bonds is 3. The predicted octanol–water partition coefficient (Wildman–Crippen LogP) is 1.89. The van der Waals surface area contributed by atoms with Crippen LogP contribution in [0.3, 0.4) is 0 Å². The van der Waals surface area contributed by atoms with E-state index in [4.69, 9.17) is 0 Å². The second-order valence-electron chi connectivity index (χ2n) is 4.88. The van der Waals surface area contributed by atoms with Gasteiger partial charge in [0.25, 0.3) is 0 Å². The highest BCUT2D eigenvalue weighted by atomic mass is 35.5.